The van der Waals surface area contributed by atoms with Crippen LogP contribution in [-0.4, -0.2) is 16.2 Å². The Labute approximate surface area is 201 Å². The minimum atomic E-state index is -0.0752. The summed E-state index contributed by atoms with van der Waals surface area (Å²) in [6, 6.07) is 26.5. The van der Waals surface area contributed by atoms with E-state index < -0.39 is 0 Å². The van der Waals surface area contributed by atoms with Gasteiger partial charge in [0, 0.05) is 22.5 Å². The van der Waals surface area contributed by atoms with Gasteiger partial charge in [-0.2, -0.15) is 0 Å². The summed E-state index contributed by atoms with van der Waals surface area (Å²) in [7, 11) is 0. The van der Waals surface area contributed by atoms with Crippen LogP contribution in [0.15, 0.2) is 89.7 Å². The van der Waals surface area contributed by atoms with E-state index in [9.17, 15) is 4.79 Å². The van der Waals surface area contributed by atoms with Crippen LogP contribution in [0.1, 0.15) is 6.42 Å². The van der Waals surface area contributed by atoms with E-state index in [4.69, 9.17) is 32.9 Å². The quantitative estimate of drug-likeness (QED) is 0.249. The Morgan fingerprint density at radius 2 is 1.55 bits per heavy atom. The third-order valence-electron chi connectivity index (χ3n) is 5.57. The van der Waals surface area contributed by atoms with Crippen molar-refractivity contribution in [3.63, 3.8) is 0 Å². The highest BCUT2D eigenvalue weighted by atomic mass is 35.5. The Balaban J connectivity index is 1.44. The summed E-state index contributed by atoms with van der Waals surface area (Å²) in [4.78, 5) is 18.1. The van der Waals surface area contributed by atoms with Crippen molar-refractivity contribution in [3.8, 4) is 17.1 Å². The normalized spacial score (nSPS) is 11.2. The molecule has 164 valence electrons. The van der Waals surface area contributed by atoms with Crippen LogP contribution in [0.4, 0.5) is 0 Å². The van der Waals surface area contributed by atoms with E-state index in [2.05, 4.69) is 0 Å². The van der Waals surface area contributed by atoms with Gasteiger partial charge in [-0.3, -0.25) is 9.36 Å². The van der Waals surface area contributed by atoms with Gasteiger partial charge < -0.3 is 4.74 Å². The summed E-state index contributed by atoms with van der Waals surface area (Å²) in [6.07, 6.45) is 0.611. The zero-order valence-corrected chi connectivity index (χ0v) is 19.2. The third kappa shape index (κ3) is 4.32. The standard InChI is InChI=1S/C27H20Cl2N2O2/c28-20-13-10-19(11-14-20)26-30-24-9-4-3-8-22(24)27(32)31(26)16-5-17-33-25-21-7-2-1-6-18(21)12-15-23(25)29/h1-4,6-15H,5,16-17H2. The minimum Gasteiger partial charge on any atom is -0.491 e. The fraction of sp³-hybridized carbons (Fsp3) is 0.111. The second-order valence-corrected chi connectivity index (χ2v) is 8.56. The number of para-hydroxylation sites is 1. The van der Waals surface area contributed by atoms with Crippen LogP contribution >= 0.6 is 23.2 Å². The van der Waals surface area contributed by atoms with Crippen molar-refractivity contribution in [2.75, 3.05) is 6.61 Å². The molecule has 0 aliphatic heterocycles. The molecule has 0 atom stereocenters. The second kappa shape index (κ2) is 9.26. The van der Waals surface area contributed by atoms with E-state index in [1.165, 1.54) is 0 Å². The molecule has 4 nitrogen and oxygen atoms in total. The van der Waals surface area contributed by atoms with Gasteiger partial charge in [0.15, 0.2) is 0 Å². The number of halogens is 2. The van der Waals surface area contributed by atoms with E-state index >= 15 is 0 Å². The minimum absolute atomic E-state index is 0.0752. The zero-order chi connectivity index (χ0) is 22.8. The molecule has 0 aliphatic rings. The molecule has 0 amide bonds. The number of ether oxygens (including phenoxy) is 1. The number of nitrogens with zero attached hydrogens (tertiary/aromatic N) is 2. The molecule has 0 radical (unpaired) electrons. The first-order valence-electron chi connectivity index (χ1n) is 10.7. The second-order valence-electron chi connectivity index (χ2n) is 7.72. The van der Waals surface area contributed by atoms with E-state index in [0.29, 0.717) is 52.1 Å². The maximum atomic E-state index is 13.3. The van der Waals surface area contributed by atoms with Gasteiger partial charge >= 0.3 is 0 Å². The Hall–Kier alpha value is -3.34. The van der Waals surface area contributed by atoms with E-state index in [1.807, 2.05) is 66.7 Å². The maximum absolute atomic E-state index is 13.3. The molecule has 0 N–H and O–H groups in total. The van der Waals surface area contributed by atoms with Crippen molar-refractivity contribution in [3.05, 3.63) is 105 Å². The van der Waals surface area contributed by atoms with Crippen LogP contribution < -0.4 is 10.3 Å². The molecule has 5 rings (SSSR count). The maximum Gasteiger partial charge on any atom is 0.261 e. The van der Waals surface area contributed by atoms with E-state index in [1.54, 1.807) is 22.8 Å². The number of hydrogen-bond donors (Lipinski definition) is 0. The lowest BCUT2D eigenvalue weighted by Gasteiger charge is -2.15. The molecular formula is C27H20Cl2N2O2. The molecule has 1 aromatic heterocycles. The Morgan fingerprint density at radius 3 is 2.36 bits per heavy atom. The predicted octanol–water partition coefficient (Wildman–Crippen LogP) is 6.99. The number of fused-ring (bicyclic) bond motifs is 2. The van der Waals surface area contributed by atoms with Crippen LogP contribution in [0, 0.1) is 0 Å². The number of aromatic nitrogens is 2. The fourth-order valence-electron chi connectivity index (χ4n) is 3.95. The molecule has 0 saturated carbocycles. The summed E-state index contributed by atoms with van der Waals surface area (Å²) in [5.74, 6) is 1.27. The van der Waals surface area contributed by atoms with Gasteiger partial charge in [-0.15, -0.1) is 0 Å². The zero-order valence-electron chi connectivity index (χ0n) is 17.7. The molecule has 0 saturated heterocycles. The summed E-state index contributed by atoms with van der Waals surface area (Å²) < 4.78 is 7.78. The highest BCUT2D eigenvalue weighted by Gasteiger charge is 2.13. The van der Waals surface area contributed by atoms with Gasteiger partial charge in [-0.05, 0) is 54.3 Å². The van der Waals surface area contributed by atoms with E-state index in [0.717, 1.165) is 16.3 Å². The van der Waals surface area contributed by atoms with Gasteiger partial charge in [0.25, 0.3) is 5.56 Å². The lowest BCUT2D eigenvalue weighted by atomic mass is 10.1. The van der Waals surface area contributed by atoms with Crippen molar-refractivity contribution in [2.24, 2.45) is 0 Å². The molecule has 4 aromatic carbocycles. The summed E-state index contributed by atoms with van der Waals surface area (Å²) >= 11 is 12.5. The number of benzene rings is 4. The topological polar surface area (TPSA) is 44.1 Å². The molecular weight excluding hydrogens is 455 g/mol. The van der Waals surface area contributed by atoms with Crippen LogP contribution in [0.3, 0.4) is 0 Å². The average molecular weight is 475 g/mol. The molecule has 5 aromatic rings. The van der Waals surface area contributed by atoms with Crippen molar-refractivity contribution >= 4 is 44.9 Å². The Bertz CT molecular complexity index is 1510. The monoisotopic (exact) mass is 474 g/mol. The summed E-state index contributed by atoms with van der Waals surface area (Å²) in [6.45, 7) is 0.865. The Kier molecular flexibility index (Phi) is 6.03. The van der Waals surface area contributed by atoms with Crippen molar-refractivity contribution in [2.45, 2.75) is 13.0 Å². The molecule has 0 bridgehead atoms. The highest BCUT2D eigenvalue weighted by molar-refractivity contribution is 6.33. The van der Waals surface area contributed by atoms with Crippen LogP contribution in [-0.2, 0) is 6.54 Å². The molecule has 0 aliphatic carbocycles. The average Bonchev–Trinajstić information content (AvgIpc) is 2.84. The third-order valence-corrected chi connectivity index (χ3v) is 6.12. The largest absolute Gasteiger partial charge is 0.491 e. The summed E-state index contributed by atoms with van der Waals surface area (Å²) in [5, 5.41) is 3.83. The van der Waals surface area contributed by atoms with Crippen LogP contribution in [0.2, 0.25) is 10.0 Å². The predicted molar refractivity (Wildman–Crippen MR) is 136 cm³/mol. The first kappa shape index (κ1) is 21.5. The SMILES string of the molecule is O=c1c2ccccc2nc(-c2ccc(Cl)cc2)n1CCCOc1c(Cl)ccc2ccccc12. The smallest absolute Gasteiger partial charge is 0.261 e. The highest BCUT2D eigenvalue weighted by Crippen LogP contribution is 2.33. The van der Waals surface area contributed by atoms with Crippen molar-refractivity contribution in [1.82, 2.24) is 9.55 Å². The van der Waals surface area contributed by atoms with Gasteiger partial charge in [0.05, 0.1) is 22.5 Å². The van der Waals surface area contributed by atoms with Gasteiger partial charge in [-0.1, -0.05) is 65.7 Å². The number of hydrogen-bond acceptors (Lipinski definition) is 3. The lowest BCUT2D eigenvalue weighted by Crippen LogP contribution is -2.24. The van der Waals surface area contributed by atoms with Gasteiger partial charge in [-0.25, -0.2) is 4.98 Å². The fourth-order valence-corrected chi connectivity index (χ4v) is 4.30. The van der Waals surface area contributed by atoms with Crippen molar-refractivity contribution < 1.29 is 4.74 Å². The molecule has 1 heterocycles. The summed E-state index contributed by atoms with van der Waals surface area (Å²) in [5.41, 5.74) is 1.43. The first-order valence-corrected chi connectivity index (χ1v) is 11.4. The molecule has 6 heteroatoms. The molecule has 0 spiro atoms. The van der Waals surface area contributed by atoms with Crippen molar-refractivity contribution in [1.29, 1.82) is 0 Å². The number of rotatable bonds is 6. The molecule has 33 heavy (non-hydrogen) atoms. The molecule has 0 unspecified atom stereocenters. The van der Waals surface area contributed by atoms with Gasteiger partial charge in [0.1, 0.15) is 11.6 Å². The lowest BCUT2D eigenvalue weighted by molar-refractivity contribution is 0.304. The first-order chi connectivity index (χ1) is 16.1. The molecule has 0 fully saturated rings. The van der Waals surface area contributed by atoms with Crippen LogP contribution in [0.25, 0.3) is 33.1 Å². The van der Waals surface area contributed by atoms with Gasteiger partial charge in [0.2, 0.25) is 0 Å². The Morgan fingerprint density at radius 1 is 0.818 bits per heavy atom. The van der Waals surface area contributed by atoms with Crippen LogP contribution in [0.5, 0.6) is 5.75 Å². The van der Waals surface area contributed by atoms with E-state index in [-0.39, 0.29) is 5.56 Å².